The van der Waals surface area contributed by atoms with Crippen LogP contribution in [0.4, 0.5) is 0 Å². The van der Waals surface area contributed by atoms with Crippen molar-refractivity contribution >= 4 is 10.1 Å². The second kappa shape index (κ2) is 12.2. The first-order valence-electron chi connectivity index (χ1n) is 8.96. The first kappa shape index (κ1) is 24.6. The molecular weight excluding hydrogens is 391 g/mol. The zero-order chi connectivity index (χ0) is 19.0. The summed E-state index contributed by atoms with van der Waals surface area (Å²) in [6.07, 6.45) is 6.70. The van der Waals surface area contributed by atoms with Crippen LogP contribution in [-0.4, -0.2) is 13.0 Å². The van der Waals surface area contributed by atoms with E-state index in [1.807, 2.05) is 6.07 Å². The summed E-state index contributed by atoms with van der Waals surface area (Å²) in [5.74, 6) is 0.170. The van der Waals surface area contributed by atoms with Crippen molar-refractivity contribution in [3.8, 4) is 17.2 Å². The Labute approximate surface area is 204 Å². The Hall–Kier alpha value is -0.414. The van der Waals surface area contributed by atoms with Crippen LogP contribution in [0, 0.1) is 0 Å². The van der Waals surface area contributed by atoms with E-state index < -0.39 is 15.9 Å². The van der Waals surface area contributed by atoms with Gasteiger partial charge in [-0.05, 0) is 37.1 Å². The second-order valence-electron chi connectivity index (χ2n) is 6.31. The molecule has 5 nitrogen and oxygen atoms in total. The van der Waals surface area contributed by atoms with Gasteiger partial charge in [-0.3, -0.25) is 4.55 Å². The number of rotatable bonds is 10. The topological polar surface area (TPSA) is 86.7 Å². The average molecular weight is 417 g/mol. The molecule has 0 saturated heterocycles. The van der Waals surface area contributed by atoms with Gasteiger partial charge in [0, 0.05) is 5.56 Å². The molecule has 0 radical (unpaired) electrons. The fourth-order valence-electron chi connectivity index (χ4n) is 2.86. The van der Waals surface area contributed by atoms with Crippen LogP contribution in [0.15, 0.2) is 47.4 Å². The number of unbranched alkanes of at least 4 members (excludes halogenated alkanes) is 5. The van der Waals surface area contributed by atoms with Crippen LogP contribution in [-0.2, 0) is 16.5 Å². The average Bonchev–Trinajstić information content (AvgIpc) is 2.59. The van der Waals surface area contributed by atoms with E-state index in [1.54, 1.807) is 24.3 Å². The van der Waals surface area contributed by atoms with Gasteiger partial charge in [0.05, 0.1) is 0 Å². The zero-order valence-electron chi connectivity index (χ0n) is 16.0. The van der Waals surface area contributed by atoms with E-state index >= 15 is 0 Å². The zero-order valence-corrected chi connectivity index (χ0v) is 19.9. The molecular formula is C20H25KO5S. The fourth-order valence-corrected chi connectivity index (χ4v) is 3.64. The molecule has 7 heteroatoms. The third-order valence-electron chi connectivity index (χ3n) is 4.17. The molecule has 1 N–H and O–H groups in total. The van der Waals surface area contributed by atoms with Gasteiger partial charge >= 0.3 is 51.4 Å². The summed E-state index contributed by atoms with van der Waals surface area (Å²) in [6, 6.07) is 11.1. The number of ether oxygens (including phenoxy) is 1. The molecule has 27 heavy (non-hydrogen) atoms. The quantitative estimate of drug-likeness (QED) is 0.362. The number of hydrogen-bond acceptors (Lipinski definition) is 4. The van der Waals surface area contributed by atoms with Gasteiger partial charge < -0.3 is 9.84 Å². The molecule has 0 bridgehead atoms. The van der Waals surface area contributed by atoms with E-state index in [2.05, 4.69) is 6.92 Å². The van der Waals surface area contributed by atoms with Crippen molar-refractivity contribution in [3.05, 3.63) is 48.0 Å². The van der Waals surface area contributed by atoms with E-state index in [1.165, 1.54) is 12.5 Å². The summed E-state index contributed by atoms with van der Waals surface area (Å²) in [6.45, 7) is 2.15. The molecule has 0 aliphatic heterocycles. The number of hydrogen-bond donors (Lipinski definition) is 1. The first-order valence-corrected chi connectivity index (χ1v) is 10.4. The van der Waals surface area contributed by atoms with Crippen molar-refractivity contribution < 1.29 is 74.2 Å². The minimum Gasteiger partial charge on any atom is -0.872 e. The van der Waals surface area contributed by atoms with Crippen LogP contribution in [0.1, 0.15) is 51.0 Å². The van der Waals surface area contributed by atoms with E-state index in [9.17, 15) is 18.1 Å². The molecule has 0 saturated carbocycles. The standard InChI is InChI=1S/C20H26O5S.K/c1-2-3-4-5-6-10-13-18-19(25-17-11-8-7-9-12-17)14-16(21)15-20(18)26(22,23)24;/h7-9,11-12,14-15,21H,2-6,10,13H2,1H3,(H,22,23,24);/q;+1/p-1. The van der Waals surface area contributed by atoms with Gasteiger partial charge in [0.15, 0.2) is 0 Å². The second-order valence-corrected chi connectivity index (χ2v) is 7.70. The Kier molecular flexibility index (Phi) is 11.1. The summed E-state index contributed by atoms with van der Waals surface area (Å²) in [5, 5.41) is 11.9. The molecule has 0 aliphatic rings. The molecule has 0 atom stereocenters. The van der Waals surface area contributed by atoms with Crippen LogP contribution < -0.4 is 61.2 Å². The van der Waals surface area contributed by atoms with Gasteiger partial charge in [-0.15, -0.1) is 5.75 Å². The fraction of sp³-hybridized carbons (Fsp3) is 0.400. The predicted octanol–water partition coefficient (Wildman–Crippen LogP) is 1.71. The van der Waals surface area contributed by atoms with Gasteiger partial charge in [-0.1, -0.05) is 57.2 Å². The van der Waals surface area contributed by atoms with Crippen molar-refractivity contribution in [1.82, 2.24) is 0 Å². The minimum absolute atomic E-state index is 0. The summed E-state index contributed by atoms with van der Waals surface area (Å²) in [4.78, 5) is -0.357. The minimum atomic E-state index is -4.50. The summed E-state index contributed by atoms with van der Waals surface area (Å²) < 4.78 is 38.8. The monoisotopic (exact) mass is 416 g/mol. The number of benzene rings is 2. The Morgan fingerprint density at radius 1 is 1.00 bits per heavy atom. The van der Waals surface area contributed by atoms with E-state index in [0.717, 1.165) is 38.2 Å². The molecule has 0 spiro atoms. The van der Waals surface area contributed by atoms with Gasteiger partial charge in [0.1, 0.15) is 16.4 Å². The predicted molar refractivity (Wildman–Crippen MR) is 99.3 cm³/mol. The normalized spacial score (nSPS) is 11.0. The maximum atomic E-state index is 11.9. The molecule has 0 amide bonds. The van der Waals surface area contributed by atoms with E-state index in [-0.39, 0.29) is 62.0 Å². The molecule has 2 aromatic rings. The van der Waals surface area contributed by atoms with E-state index in [0.29, 0.717) is 17.7 Å². The maximum absolute atomic E-state index is 11.9. The van der Waals surface area contributed by atoms with Gasteiger partial charge in [-0.2, -0.15) is 8.42 Å². The third kappa shape index (κ3) is 8.23. The van der Waals surface area contributed by atoms with Crippen LogP contribution >= 0.6 is 0 Å². The summed E-state index contributed by atoms with van der Waals surface area (Å²) >= 11 is 0. The Morgan fingerprint density at radius 2 is 1.63 bits per heavy atom. The van der Waals surface area contributed by atoms with Crippen LogP contribution in [0.2, 0.25) is 0 Å². The van der Waals surface area contributed by atoms with Crippen molar-refractivity contribution in [2.24, 2.45) is 0 Å². The van der Waals surface area contributed by atoms with Crippen molar-refractivity contribution in [2.45, 2.75) is 56.8 Å². The Balaban J connectivity index is 0.00000364. The van der Waals surface area contributed by atoms with Gasteiger partial charge in [-0.25, -0.2) is 0 Å². The summed E-state index contributed by atoms with van der Waals surface area (Å²) in [7, 11) is -4.50. The SMILES string of the molecule is CCCCCCCCc1c(Oc2ccccc2)cc([O-])cc1S(=O)(=O)O.[K+]. The molecule has 0 fully saturated rings. The van der Waals surface area contributed by atoms with E-state index in [4.69, 9.17) is 4.74 Å². The molecule has 0 aromatic heterocycles. The summed E-state index contributed by atoms with van der Waals surface area (Å²) in [5.41, 5.74) is 0.353. The molecule has 0 unspecified atom stereocenters. The molecule has 0 aliphatic carbocycles. The Bertz CT molecular complexity index is 807. The first-order chi connectivity index (χ1) is 12.4. The largest absolute Gasteiger partial charge is 1.00 e. The van der Waals surface area contributed by atoms with Crippen molar-refractivity contribution in [2.75, 3.05) is 0 Å². The Morgan fingerprint density at radius 3 is 2.26 bits per heavy atom. The number of para-hydroxylation sites is 1. The molecule has 2 rings (SSSR count). The molecule has 0 heterocycles. The van der Waals surface area contributed by atoms with Gasteiger partial charge in [0.2, 0.25) is 0 Å². The van der Waals surface area contributed by atoms with Gasteiger partial charge in [0.25, 0.3) is 10.1 Å². The molecule has 142 valence electrons. The maximum Gasteiger partial charge on any atom is 1.00 e. The molecule has 2 aromatic carbocycles. The van der Waals surface area contributed by atoms with Crippen LogP contribution in [0.25, 0.3) is 0 Å². The van der Waals surface area contributed by atoms with Crippen LogP contribution in [0.3, 0.4) is 0 Å². The third-order valence-corrected chi connectivity index (χ3v) is 5.09. The van der Waals surface area contributed by atoms with Crippen molar-refractivity contribution in [1.29, 1.82) is 0 Å². The van der Waals surface area contributed by atoms with Crippen molar-refractivity contribution in [3.63, 3.8) is 0 Å². The van der Waals surface area contributed by atoms with Crippen LogP contribution in [0.5, 0.6) is 17.2 Å². The smallest absolute Gasteiger partial charge is 0.872 e.